The van der Waals surface area contributed by atoms with Gasteiger partial charge in [-0.2, -0.15) is 0 Å². The lowest BCUT2D eigenvalue weighted by atomic mass is 10.1. The highest BCUT2D eigenvalue weighted by molar-refractivity contribution is 5.37. The van der Waals surface area contributed by atoms with Crippen LogP contribution in [0.2, 0.25) is 0 Å². The Kier molecular flexibility index (Phi) is 6.46. The number of rotatable bonds is 7. The number of likely N-dealkylation sites (tertiary alicyclic amines) is 1. The van der Waals surface area contributed by atoms with Crippen LogP contribution in [0.1, 0.15) is 44.7 Å². The average Bonchev–Trinajstić information content (AvgIpc) is 2.48. The normalized spacial score (nSPS) is 17.7. The van der Waals surface area contributed by atoms with Gasteiger partial charge in [-0.05, 0) is 51.5 Å². The van der Waals surface area contributed by atoms with E-state index in [0.29, 0.717) is 17.9 Å². The third kappa shape index (κ3) is 4.68. The smallest absolute Gasteiger partial charge is 0.131 e. The molecular weight excluding hydrogens is 267 g/mol. The van der Waals surface area contributed by atoms with Gasteiger partial charge in [0.25, 0.3) is 0 Å². The minimum absolute atomic E-state index is 0.0406. The summed E-state index contributed by atoms with van der Waals surface area (Å²) in [5.74, 6) is 0.472. The molecule has 1 aliphatic rings. The molecule has 118 valence electrons. The van der Waals surface area contributed by atoms with E-state index >= 15 is 0 Å². The summed E-state index contributed by atoms with van der Waals surface area (Å²) < 4.78 is 19.9. The Balaban J connectivity index is 1.93. The maximum absolute atomic E-state index is 14.1. The van der Waals surface area contributed by atoms with E-state index in [0.717, 1.165) is 26.2 Å². The number of halogens is 1. The number of hydrogen-bond donors (Lipinski definition) is 1. The maximum Gasteiger partial charge on any atom is 0.131 e. The van der Waals surface area contributed by atoms with Crippen LogP contribution >= 0.6 is 0 Å². The monoisotopic (exact) mass is 294 g/mol. The zero-order chi connectivity index (χ0) is 15.1. The molecule has 1 N–H and O–H groups in total. The fourth-order valence-corrected chi connectivity index (χ4v) is 2.94. The minimum Gasteiger partial charge on any atom is -0.492 e. The molecule has 1 aromatic carbocycles. The Morgan fingerprint density at radius 1 is 1.29 bits per heavy atom. The third-order valence-corrected chi connectivity index (χ3v) is 4.07. The van der Waals surface area contributed by atoms with Gasteiger partial charge in [0.1, 0.15) is 18.2 Å². The highest BCUT2D eigenvalue weighted by Crippen LogP contribution is 2.27. The van der Waals surface area contributed by atoms with Crippen molar-refractivity contribution in [2.75, 3.05) is 32.8 Å². The summed E-state index contributed by atoms with van der Waals surface area (Å²) in [5, 5.41) is 3.25. The van der Waals surface area contributed by atoms with Gasteiger partial charge >= 0.3 is 0 Å². The maximum atomic E-state index is 14.1. The largest absolute Gasteiger partial charge is 0.492 e. The first kappa shape index (κ1) is 16.2. The van der Waals surface area contributed by atoms with E-state index in [4.69, 9.17) is 4.74 Å². The van der Waals surface area contributed by atoms with Crippen molar-refractivity contribution in [1.29, 1.82) is 0 Å². The second kappa shape index (κ2) is 8.35. The summed E-state index contributed by atoms with van der Waals surface area (Å²) in [4.78, 5) is 2.43. The van der Waals surface area contributed by atoms with Gasteiger partial charge in [-0.3, -0.25) is 4.90 Å². The molecule has 0 radical (unpaired) electrons. The molecule has 2 rings (SSSR count). The van der Waals surface area contributed by atoms with Crippen molar-refractivity contribution in [3.05, 3.63) is 29.6 Å². The van der Waals surface area contributed by atoms with Gasteiger partial charge in [-0.1, -0.05) is 19.4 Å². The van der Waals surface area contributed by atoms with Gasteiger partial charge in [0.15, 0.2) is 0 Å². The van der Waals surface area contributed by atoms with Crippen molar-refractivity contribution < 1.29 is 9.13 Å². The van der Waals surface area contributed by atoms with Gasteiger partial charge in [0, 0.05) is 18.2 Å². The lowest BCUT2D eigenvalue weighted by molar-refractivity contribution is 0.182. The number of ether oxygens (including phenoxy) is 1. The van der Waals surface area contributed by atoms with Crippen LogP contribution in [0.3, 0.4) is 0 Å². The number of benzene rings is 1. The van der Waals surface area contributed by atoms with Crippen molar-refractivity contribution >= 4 is 0 Å². The molecule has 1 saturated heterocycles. The Bertz CT molecular complexity index is 433. The summed E-state index contributed by atoms with van der Waals surface area (Å²) in [6, 6.07) is 5.04. The fourth-order valence-electron chi connectivity index (χ4n) is 2.94. The van der Waals surface area contributed by atoms with Gasteiger partial charge in [0.2, 0.25) is 0 Å². The standard InChI is InChI=1S/C17H27FN2O/c1-3-19-14(2)17-15(18)8-7-9-16(17)21-13-12-20-10-5-4-6-11-20/h7-9,14,19H,3-6,10-13H2,1-2H3. The fraction of sp³-hybridized carbons (Fsp3) is 0.647. The van der Waals surface area contributed by atoms with Crippen LogP contribution in [0.4, 0.5) is 4.39 Å². The summed E-state index contributed by atoms with van der Waals surface area (Å²) in [6.45, 7) is 8.66. The molecule has 0 amide bonds. The SMILES string of the molecule is CCNC(C)c1c(F)cccc1OCCN1CCCCC1. The van der Waals surface area contributed by atoms with Crippen molar-refractivity contribution in [3.63, 3.8) is 0 Å². The average molecular weight is 294 g/mol. The highest BCUT2D eigenvalue weighted by Gasteiger charge is 2.16. The molecule has 0 aliphatic carbocycles. The molecule has 1 unspecified atom stereocenters. The van der Waals surface area contributed by atoms with Gasteiger partial charge in [-0.15, -0.1) is 0 Å². The van der Waals surface area contributed by atoms with Gasteiger partial charge in [-0.25, -0.2) is 4.39 Å². The molecule has 3 nitrogen and oxygen atoms in total. The van der Waals surface area contributed by atoms with E-state index in [1.165, 1.54) is 25.3 Å². The topological polar surface area (TPSA) is 24.5 Å². The molecule has 1 atom stereocenters. The Morgan fingerprint density at radius 3 is 2.76 bits per heavy atom. The van der Waals surface area contributed by atoms with E-state index in [9.17, 15) is 4.39 Å². The summed E-state index contributed by atoms with van der Waals surface area (Å²) in [6.07, 6.45) is 3.90. The molecule has 1 heterocycles. The molecule has 4 heteroatoms. The van der Waals surface area contributed by atoms with Gasteiger partial charge in [0.05, 0.1) is 0 Å². The molecule has 0 bridgehead atoms. The van der Waals surface area contributed by atoms with E-state index in [1.807, 2.05) is 19.9 Å². The molecule has 1 aromatic rings. The Morgan fingerprint density at radius 2 is 2.05 bits per heavy atom. The van der Waals surface area contributed by atoms with Crippen molar-refractivity contribution in [2.45, 2.75) is 39.2 Å². The molecule has 0 saturated carbocycles. The number of nitrogens with zero attached hydrogens (tertiary/aromatic N) is 1. The minimum atomic E-state index is -0.195. The highest BCUT2D eigenvalue weighted by atomic mass is 19.1. The second-order valence-electron chi connectivity index (χ2n) is 5.68. The lowest BCUT2D eigenvalue weighted by Gasteiger charge is -2.26. The van der Waals surface area contributed by atoms with Crippen LogP contribution in [0.25, 0.3) is 0 Å². The first-order valence-electron chi connectivity index (χ1n) is 8.09. The summed E-state index contributed by atoms with van der Waals surface area (Å²) in [7, 11) is 0. The lowest BCUT2D eigenvalue weighted by Crippen LogP contribution is -2.33. The molecule has 0 spiro atoms. The van der Waals surface area contributed by atoms with Crippen LogP contribution in [0.15, 0.2) is 18.2 Å². The number of nitrogens with one attached hydrogen (secondary N) is 1. The van der Waals surface area contributed by atoms with E-state index in [1.54, 1.807) is 6.07 Å². The van der Waals surface area contributed by atoms with Crippen LogP contribution < -0.4 is 10.1 Å². The first-order valence-corrected chi connectivity index (χ1v) is 8.09. The second-order valence-corrected chi connectivity index (χ2v) is 5.68. The van der Waals surface area contributed by atoms with Crippen molar-refractivity contribution in [2.24, 2.45) is 0 Å². The molecule has 1 aliphatic heterocycles. The molecule has 21 heavy (non-hydrogen) atoms. The number of hydrogen-bond acceptors (Lipinski definition) is 3. The zero-order valence-electron chi connectivity index (χ0n) is 13.2. The molecule has 1 fully saturated rings. The molecule has 0 aromatic heterocycles. The summed E-state index contributed by atoms with van der Waals surface area (Å²) >= 11 is 0. The van der Waals surface area contributed by atoms with Crippen molar-refractivity contribution in [1.82, 2.24) is 10.2 Å². The van der Waals surface area contributed by atoms with E-state index in [2.05, 4.69) is 10.2 Å². The van der Waals surface area contributed by atoms with Crippen LogP contribution in [-0.4, -0.2) is 37.7 Å². The molecular formula is C17H27FN2O. The van der Waals surface area contributed by atoms with Crippen LogP contribution in [0.5, 0.6) is 5.75 Å². The number of piperidine rings is 1. The van der Waals surface area contributed by atoms with E-state index in [-0.39, 0.29) is 11.9 Å². The van der Waals surface area contributed by atoms with E-state index < -0.39 is 0 Å². The van der Waals surface area contributed by atoms with Crippen LogP contribution in [-0.2, 0) is 0 Å². The first-order chi connectivity index (χ1) is 10.2. The Hall–Kier alpha value is -1.13. The summed E-state index contributed by atoms with van der Waals surface area (Å²) in [5.41, 5.74) is 0.637. The van der Waals surface area contributed by atoms with Crippen molar-refractivity contribution in [3.8, 4) is 5.75 Å². The van der Waals surface area contributed by atoms with Crippen LogP contribution in [0, 0.1) is 5.82 Å². The third-order valence-electron chi connectivity index (χ3n) is 4.07. The predicted molar refractivity (Wildman–Crippen MR) is 84.3 cm³/mol. The van der Waals surface area contributed by atoms with Gasteiger partial charge < -0.3 is 10.1 Å². The zero-order valence-corrected chi connectivity index (χ0v) is 13.2. The Labute approximate surface area is 127 Å². The predicted octanol–water partition coefficient (Wildman–Crippen LogP) is 3.36. The quantitative estimate of drug-likeness (QED) is 0.834.